The van der Waals surface area contributed by atoms with E-state index in [0.29, 0.717) is 0 Å². The van der Waals surface area contributed by atoms with Crippen molar-refractivity contribution in [3.8, 4) is 5.75 Å². The monoisotopic (exact) mass is 193 g/mol. The molecule has 0 spiro atoms. The summed E-state index contributed by atoms with van der Waals surface area (Å²) in [6.45, 7) is 8.07. The Bertz CT molecular complexity index is 282. The Morgan fingerprint density at radius 3 is 2.00 bits per heavy atom. The van der Waals surface area contributed by atoms with E-state index in [9.17, 15) is 0 Å². The van der Waals surface area contributed by atoms with Crippen molar-refractivity contribution >= 4 is 0 Å². The highest BCUT2D eigenvalue weighted by Crippen LogP contribution is 2.20. The van der Waals surface area contributed by atoms with Crippen molar-refractivity contribution in [3.05, 3.63) is 29.8 Å². The summed E-state index contributed by atoms with van der Waals surface area (Å²) < 4.78 is 5.70. The summed E-state index contributed by atoms with van der Waals surface area (Å²) in [4.78, 5) is 0. The van der Waals surface area contributed by atoms with E-state index in [0.717, 1.165) is 11.3 Å². The van der Waals surface area contributed by atoms with Gasteiger partial charge in [0.05, 0.1) is 0 Å². The zero-order valence-electron chi connectivity index (χ0n) is 9.37. The lowest BCUT2D eigenvalue weighted by Crippen LogP contribution is -2.22. The molecule has 0 saturated carbocycles. The summed E-state index contributed by atoms with van der Waals surface area (Å²) in [5.74, 6) is 0.891. The third kappa shape index (κ3) is 3.38. The van der Waals surface area contributed by atoms with Crippen molar-refractivity contribution in [1.29, 1.82) is 0 Å². The second kappa shape index (κ2) is 4.01. The molecule has 0 bridgehead atoms. The molecule has 1 aromatic carbocycles. The van der Waals surface area contributed by atoms with Crippen LogP contribution >= 0.6 is 0 Å². The van der Waals surface area contributed by atoms with Gasteiger partial charge in [0.1, 0.15) is 11.4 Å². The van der Waals surface area contributed by atoms with Crippen LogP contribution in [0.2, 0.25) is 0 Å². The highest BCUT2D eigenvalue weighted by molar-refractivity contribution is 5.29. The Morgan fingerprint density at radius 1 is 1.14 bits per heavy atom. The Labute approximate surface area is 86.1 Å². The fourth-order valence-electron chi connectivity index (χ4n) is 1.19. The van der Waals surface area contributed by atoms with Crippen LogP contribution in [0.5, 0.6) is 5.75 Å². The van der Waals surface area contributed by atoms with Crippen LogP contribution < -0.4 is 10.5 Å². The second-order valence-electron chi connectivity index (χ2n) is 4.57. The minimum absolute atomic E-state index is 0.0821. The van der Waals surface area contributed by atoms with Crippen LogP contribution in [-0.2, 0) is 0 Å². The minimum atomic E-state index is -0.143. The molecule has 0 fully saturated rings. The smallest absolute Gasteiger partial charge is 0.120 e. The standard InChI is InChI=1S/C12H19NO/c1-9(13)10-5-7-11(8-6-10)14-12(2,3)4/h5-9H,13H2,1-4H3/t9-/m0/s1. The summed E-state index contributed by atoms with van der Waals surface area (Å²) in [6.07, 6.45) is 0. The first-order valence-corrected chi connectivity index (χ1v) is 4.93. The molecular formula is C12H19NO. The van der Waals surface area contributed by atoms with E-state index in [-0.39, 0.29) is 11.6 Å². The molecule has 1 rings (SSSR count). The summed E-state index contributed by atoms with van der Waals surface area (Å²) in [6, 6.07) is 8.02. The fraction of sp³-hybridized carbons (Fsp3) is 0.500. The molecule has 0 aromatic heterocycles. The summed E-state index contributed by atoms with van der Waals surface area (Å²) in [7, 11) is 0. The molecule has 0 unspecified atom stereocenters. The molecule has 0 aliphatic rings. The Morgan fingerprint density at radius 2 is 1.64 bits per heavy atom. The highest BCUT2D eigenvalue weighted by Gasteiger charge is 2.11. The predicted molar refractivity (Wildman–Crippen MR) is 59.4 cm³/mol. The zero-order valence-corrected chi connectivity index (χ0v) is 9.37. The molecule has 2 nitrogen and oxygen atoms in total. The van der Waals surface area contributed by atoms with Crippen LogP contribution in [0.1, 0.15) is 39.3 Å². The van der Waals surface area contributed by atoms with Gasteiger partial charge in [0.25, 0.3) is 0 Å². The molecule has 0 aliphatic heterocycles. The quantitative estimate of drug-likeness (QED) is 0.783. The lowest BCUT2D eigenvalue weighted by Gasteiger charge is -2.21. The molecule has 2 N–H and O–H groups in total. The Balaban J connectivity index is 2.74. The van der Waals surface area contributed by atoms with E-state index in [4.69, 9.17) is 10.5 Å². The summed E-state index contributed by atoms with van der Waals surface area (Å²) in [5.41, 5.74) is 6.74. The third-order valence-corrected chi connectivity index (χ3v) is 1.83. The number of nitrogens with two attached hydrogens (primary N) is 1. The van der Waals surface area contributed by atoms with Crippen molar-refractivity contribution in [2.45, 2.75) is 39.3 Å². The molecule has 1 aromatic rings. The number of ether oxygens (including phenoxy) is 1. The maximum absolute atomic E-state index is 5.75. The fourth-order valence-corrected chi connectivity index (χ4v) is 1.19. The van der Waals surface area contributed by atoms with E-state index >= 15 is 0 Å². The first kappa shape index (κ1) is 11.1. The topological polar surface area (TPSA) is 35.2 Å². The van der Waals surface area contributed by atoms with E-state index in [1.54, 1.807) is 0 Å². The van der Waals surface area contributed by atoms with Crippen LogP contribution in [0.4, 0.5) is 0 Å². The van der Waals surface area contributed by atoms with Gasteiger partial charge in [-0.15, -0.1) is 0 Å². The number of hydrogen-bond acceptors (Lipinski definition) is 2. The predicted octanol–water partition coefficient (Wildman–Crippen LogP) is 2.88. The lowest BCUT2D eigenvalue weighted by molar-refractivity contribution is 0.131. The molecule has 78 valence electrons. The van der Waals surface area contributed by atoms with Gasteiger partial charge in [0.15, 0.2) is 0 Å². The van der Waals surface area contributed by atoms with Crippen LogP contribution in [-0.4, -0.2) is 5.60 Å². The third-order valence-electron chi connectivity index (χ3n) is 1.83. The Kier molecular flexibility index (Phi) is 3.17. The van der Waals surface area contributed by atoms with Crippen molar-refractivity contribution < 1.29 is 4.74 Å². The summed E-state index contributed by atoms with van der Waals surface area (Å²) in [5, 5.41) is 0. The molecule has 0 amide bonds. The van der Waals surface area contributed by atoms with Gasteiger partial charge in [-0.05, 0) is 45.4 Å². The largest absolute Gasteiger partial charge is 0.488 e. The maximum Gasteiger partial charge on any atom is 0.120 e. The lowest BCUT2D eigenvalue weighted by atomic mass is 10.1. The average Bonchev–Trinajstić information content (AvgIpc) is 2.02. The van der Waals surface area contributed by atoms with Gasteiger partial charge >= 0.3 is 0 Å². The molecule has 0 saturated heterocycles. The van der Waals surface area contributed by atoms with Gasteiger partial charge in [-0.25, -0.2) is 0 Å². The van der Waals surface area contributed by atoms with Gasteiger partial charge in [-0.1, -0.05) is 12.1 Å². The second-order valence-corrected chi connectivity index (χ2v) is 4.57. The van der Waals surface area contributed by atoms with E-state index in [1.807, 2.05) is 52.0 Å². The number of rotatable bonds is 2. The normalized spacial score (nSPS) is 13.8. The van der Waals surface area contributed by atoms with Crippen LogP contribution in [0.3, 0.4) is 0 Å². The first-order chi connectivity index (χ1) is 6.38. The zero-order chi connectivity index (χ0) is 10.8. The van der Waals surface area contributed by atoms with Gasteiger partial charge in [-0.2, -0.15) is 0 Å². The van der Waals surface area contributed by atoms with E-state index < -0.39 is 0 Å². The van der Waals surface area contributed by atoms with Crippen molar-refractivity contribution in [2.24, 2.45) is 5.73 Å². The van der Waals surface area contributed by atoms with Gasteiger partial charge < -0.3 is 10.5 Å². The number of hydrogen-bond donors (Lipinski definition) is 1. The van der Waals surface area contributed by atoms with E-state index in [1.165, 1.54) is 0 Å². The van der Waals surface area contributed by atoms with Crippen molar-refractivity contribution in [1.82, 2.24) is 0 Å². The maximum atomic E-state index is 5.75. The Hall–Kier alpha value is -1.02. The molecule has 1 atom stereocenters. The van der Waals surface area contributed by atoms with Crippen LogP contribution in [0.15, 0.2) is 24.3 Å². The minimum Gasteiger partial charge on any atom is -0.488 e. The molecule has 0 radical (unpaired) electrons. The van der Waals surface area contributed by atoms with Gasteiger partial charge in [-0.3, -0.25) is 0 Å². The summed E-state index contributed by atoms with van der Waals surface area (Å²) >= 11 is 0. The SMILES string of the molecule is C[C@H](N)c1ccc(OC(C)(C)C)cc1. The molecule has 14 heavy (non-hydrogen) atoms. The van der Waals surface area contributed by atoms with Crippen LogP contribution in [0.25, 0.3) is 0 Å². The van der Waals surface area contributed by atoms with Crippen LogP contribution in [0, 0.1) is 0 Å². The van der Waals surface area contributed by atoms with Crippen molar-refractivity contribution in [3.63, 3.8) is 0 Å². The van der Waals surface area contributed by atoms with E-state index in [2.05, 4.69) is 0 Å². The molecule has 0 aliphatic carbocycles. The van der Waals surface area contributed by atoms with Gasteiger partial charge in [0.2, 0.25) is 0 Å². The first-order valence-electron chi connectivity index (χ1n) is 4.93. The average molecular weight is 193 g/mol. The molecule has 2 heteroatoms. The molecule has 0 heterocycles. The van der Waals surface area contributed by atoms with Crippen molar-refractivity contribution in [2.75, 3.05) is 0 Å². The van der Waals surface area contributed by atoms with Gasteiger partial charge in [0, 0.05) is 6.04 Å². The number of benzene rings is 1. The molecular weight excluding hydrogens is 174 g/mol. The highest BCUT2D eigenvalue weighted by atomic mass is 16.5.